The molecule has 0 unspecified atom stereocenters. The van der Waals surface area contributed by atoms with Gasteiger partial charge in [-0.1, -0.05) is 42.1 Å². The Balaban J connectivity index is 1.71. The standard InChI is InChI=1S/C16H18N4OS/c1-10(2)9-22-16-20-19-15(21-16)13(17)7-11-8-18-14-6-4-3-5-12(11)14/h3-6,8,13,18H,1,7,9,17H2,2H3/t13-/m1/s1. The molecule has 6 heteroatoms. The second-order valence-electron chi connectivity index (χ2n) is 5.32. The molecule has 0 bridgehead atoms. The van der Waals surface area contributed by atoms with Crippen LogP contribution in [0.4, 0.5) is 0 Å². The third-order valence-corrected chi connectivity index (χ3v) is 4.35. The Morgan fingerprint density at radius 1 is 1.41 bits per heavy atom. The highest BCUT2D eigenvalue weighted by Crippen LogP contribution is 2.25. The number of thioether (sulfide) groups is 1. The number of nitrogens with zero attached hydrogens (tertiary/aromatic N) is 2. The largest absolute Gasteiger partial charge is 0.414 e. The maximum Gasteiger partial charge on any atom is 0.276 e. The van der Waals surface area contributed by atoms with E-state index in [4.69, 9.17) is 10.2 Å². The molecule has 3 rings (SSSR count). The van der Waals surface area contributed by atoms with Crippen molar-refractivity contribution in [2.75, 3.05) is 5.75 Å². The Morgan fingerprint density at radius 2 is 2.23 bits per heavy atom. The van der Waals surface area contributed by atoms with Crippen molar-refractivity contribution in [1.82, 2.24) is 15.2 Å². The van der Waals surface area contributed by atoms with Gasteiger partial charge in [-0.05, 0) is 25.0 Å². The summed E-state index contributed by atoms with van der Waals surface area (Å²) in [6, 6.07) is 7.83. The number of aromatic nitrogens is 3. The first-order valence-electron chi connectivity index (χ1n) is 7.04. The summed E-state index contributed by atoms with van der Waals surface area (Å²) >= 11 is 1.48. The molecule has 114 valence electrons. The molecule has 2 aromatic heterocycles. The first kappa shape index (κ1) is 14.9. The third kappa shape index (κ3) is 3.23. The van der Waals surface area contributed by atoms with Crippen LogP contribution < -0.4 is 5.73 Å². The minimum Gasteiger partial charge on any atom is -0.414 e. The average Bonchev–Trinajstić information content (AvgIpc) is 3.13. The molecule has 0 radical (unpaired) electrons. The van der Waals surface area contributed by atoms with Gasteiger partial charge in [0.05, 0.1) is 6.04 Å². The molecule has 0 aliphatic carbocycles. The molecule has 0 amide bonds. The number of para-hydroxylation sites is 1. The molecular weight excluding hydrogens is 296 g/mol. The number of nitrogens with two attached hydrogens (primary N) is 1. The third-order valence-electron chi connectivity index (χ3n) is 3.30. The highest BCUT2D eigenvalue weighted by molar-refractivity contribution is 7.99. The highest BCUT2D eigenvalue weighted by atomic mass is 32.2. The van der Waals surface area contributed by atoms with Gasteiger partial charge in [-0.25, -0.2) is 0 Å². The van der Waals surface area contributed by atoms with Crippen LogP contribution in [-0.2, 0) is 6.42 Å². The zero-order chi connectivity index (χ0) is 15.5. The van der Waals surface area contributed by atoms with Crippen LogP contribution in [0, 0.1) is 0 Å². The Morgan fingerprint density at radius 3 is 3.05 bits per heavy atom. The number of hydrogen-bond acceptors (Lipinski definition) is 5. The van der Waals surface area contributed by atoms with Gasteiger partial charge in [0.25, 0.3) is 5.22 Å². The van der Waals surface area contributed by atoms with Crippen molar-refractivity contribution in [2.24, 2.45) is 5.73 Å². The van der Waals surface area contributed by atoms with Crippen LogP contribution in [0.15, 0.2) is 52.3 Å². The molecule has 0 aliphatic heterocycles. The predicted molar refractivity (Wildman–Crippen MR) is 88.8 cm³/mol. The van der Waals surface area contributed by atoms with E-state index in [1.165, 1.54) is 17.1 Å². The van der Waals surface area contributed by atoms with E-state index in [9.17, 15) is 0 Å². The lowest BCUT2D eigenvalue weighted by molar-refractivity contribution is 0.385. The fraction of sp³-hybridized carbons (Fsp3) is 0.250. The van der Waals surface area contributed by atoms with Crippen LogP contribution in [0.25, 0.3) is 10.9 Å². The maximum absolute atomic E-state index is 6.21. The Hall–Kier alpha value is -2.05. The Labute approximate surface area is 133 Å². The molecule has 22 heavy (non-hydrogen) atoms. The van der Waals surface area contributed by atoms with Crippen LogP contribution in [0.3, 0.4) is 0 Å². The van der Waals surface area contributed by atoms with Crippen molar-refractivity contribution in [2.45, 2.75) is 24.6 Å². The molecule has 1 atom stereocenters. The summed E-state index contributed by atoms with van der Waals surface area (Å²) in [4.78, 5) is 3.25. The van der Waals surface area contributed by atoms with E-state index in [1.54, 1.807) is 0 Å². The van der Waals surface area contributed by atoms with Crippen LogP contribution in [0.5, 0.6) is 0 Å². The molecule has 0 fully saturated rings. The summed E-state index contributed by atoms with van der Waals surface area (Å²) in [5.74, 6) is 1.23. The van der Waals surface area contributed by atoms with Gasteiger partial charge in [0.1, 0.15) is 0 Å². The summed E-state index contributed by atoms with van der Waals surface area (Å²) in [6.07, 6.45) is 2.63. The van der Waals surface area contributed by atoms with Gasteiger partial charge < -0.3 is 15.1 Å². The summed E-state index contributed by atoms with van der Waals surface area (Å²) in [5, 5.41) is 9.78. The van der Waals surface area contributed by atoms with Crippen molar-refractivity contribution < 1.29 is 4.42 Å². The summed E-state index contributed by atoms with van der Waals surface area (Å²) in [6.45, 7) is 5.82. The zero-order valence-corrected chi connectivity index (χ0v) is 13.2. The van der Waals surface area contributed by atoms with E-state index in [0.29, 0.717) is 17.5 Å². The number of fused-ring (bicyclic) bond motifs is 1. The number of aromatic amines is 1. The SMILES string of the molecule is C=C(C)CSc1nnc([C@H](N)Cc2c[nH]c3ccccc23)o1. The van der Waals surface area contributed by atoms with Gasteiger partial charge >= 0.3 is 0 Å². The molecule has 0 spiro atoms. The molecule has 5 nitrogen and oxygen atoms in total. The number of benzene rings is 1. The van der Waals surface area contributed by atoms with E-state index in [1.807, 2.05) is 31.3 Å². The topological polar surface area (TPSA) is 80.7 Å². The quantitative estimate of drug-likeness (QED) is 0.538. The number of rotatable bonds is 6. The lowest BCUT2D eigenvalue weighted by Crippen LogP contribution is -2.13. The van der Waals surface area contributed by atoms with Gasteiger partial charge in [0, 0.05) is 22.9 Å². The lowest BCUT2D eigenvalue weighted by Gasteiger charge is -2.05. The number of hydrogen-bond donors (Lipinski definition) is 2. The van der Waals surface area contributed by atoms with Crippen LogP contribution >= 0.6 is 11.8 Å². The van der Waals surface area contributed by atoms with Crippen molar-refractivity contribution in [3.05, 3.63) is 54.1 Å². The minimum atomic E-state index is -0.314. The second-order valence-corrected chi connectivity index (χ2v) is 6.25. The fourth-order valence-electron chi connectivity index (χ4n) is 2.24. The molecular formula is C16H18N4OS. The lowest BCUT2D eigenvalue weighted by atomic mass is 10.1. The van der Waals surface area contributed by atoms with E-state index >= 15 is 0 Å². The monoisotopic (exact) mass is 314 g/mol. The van der Waals surface area contributed by atoms with Crippen LogP contribution in [0.1, 0.15) is 24.4 Å². The van der Waals surface area contributed by atoms with Gasteiger partial charge in [-0.3, -0.25) is 0 Å². The smallest absolute Gasteiger partial charge is 0.276 e. The van der Waals surface area contributed by atoms with Crippen molar-refractivity contribution >= 4 is 22.7 Å². The number of H-pyrrole nitrogens is 1. The molecule has 3 N–H and O–H groups in total. The van der Waals surface area contributed by atoms with E-state index in [2.05, 4.69) is 27.8 Å². The minimum absolute atomic E-state index is 0.314. The van der Waals surface area contributed by atoms with Crippen LogP contribution in [-0.4, -0.2) is 20.9 Å². The maximum atomic E-state index is 6.21. The molecule has 0 saturated carbocycles. The summed E-state index contributed by atoms with van der Waals surface area (Å²) in [7, 11) is 0. The molecule has 0 saturated heterocycles. The Kier molecular flexibility index (Phi) is 4.31. The molecule has 3 aromatic rings. The van der Waals surface area contributed by atoms with Gasteiger partial charge in [-0.15, -0.1) is 10.2 Å². The first-order chi connectivity index (χ1) is 10.6. The van der Waals surface area contributed by atoms with Crippen molar-refractivity contribution in [3.8, 4) is 0 Å². The fourth-order valence-corrected chi connectivity index (χ4v) is 2.85. The van der Waals surface area contributed by atoms with Crippen molar-refractivity contribution in [1.29, 1.82) is 0 Å². The molecule has 0 aliphatic rings. The van der Waals surface area contributed by atoms with E-state index in [-0.39, 0.29) is 6.04 Å². The average molecular weight is 314 g/mol. The van der Waals surface area contributed by atoms with E-state index < -0.39 is 0 Å². The summed E-state index contributed by atoms with van der Waals surface area (Å²) in [5.41, 5.74) is 9.53. The normalized spacial score (nSPS) is 12.6. The second kappa shape index (κ2) is 6.37. The molecule has 2 heterocycles. The molecule has 1 aromatic carbocycles. The number of nitrogens with one attached hydrogen (secondary N) is 1. The zero-order valence-electron chi connectivity index (χ0n) is 12.4. The van der Waals surface area contributed by atoms with Crippen molar-refractivity contribution in [3.63, 3.8) is 0 Å². The predicted octanol–water partition coefficient (Wildman–Crippen LogP) is 3.46. The van der Waals surface area contributed by atoms with Gasteiger partial charge in [-0.2, -0.15) is 0 Å². The Bertz CT molecular complexity index is 792. The van der Waals surface area contributed by atoms with E-state index in [0.717, 1.165) is 22.4 Å². The first-order valence-corrected chi connectivity index (χ1v) is 8.03. The van der Waals surface area contributed by atoms with Crippen LogP contribution in [0.2, 0.25) is 0 Å². The van der Waals surface area contributed by atoms with Gasteiger partial charge in [0.2, 0.25) is 5.89 Å². The highest BCUT2D eigenvalue weighted by Gasteiger charge is 2.17. The summed E-state index contributed by atoms with van der Waals surface area (Å²) < 4.78 is 5.62. The van der Waals surface area contributed by atoms with Gasteiger partial charge in [0.15, 0.2) is 0 Å².